The van der Waals surface area contributed by atoms with Crippen molar-refractivity contribution in [3.63, 3.8) is 0 Å². The molecule has 2 heteroatoms. The highest BCUT2D eigenvalue weighted by Gasteiger charge is 2.33. The van der Waals surface area contributed by atoms with Gasteiger partial charge in [-0.25, -0.2) is 0 Å². The molecule has 0 aromatic heterocycles. The van der Waals surface area contributed by atoms with Crippen molar-refractivity contribution in [1.29, 1.82) is 0 Å². The smallest absolute Gasteiger partial charge is 0.314 e. The third-order valence-electron chi connectivity index (χ3n) is 6.38. The summed E-state index contributed by atoms with van der Waals surface area (Å²) in [6.07, 6.45) is 11.1. The van der Waals surface area contributed by atoms with Crippen molar-refractivity contribution in [3.05, 3.63) is 29.8 Å². The lowest BCUT2D eigenvalue weighted by molar-refractivity contribution is -0.140. The van der Waals surface area contributed by atoms with E-state index in [1.807, 2.05) is 24.3 Å². The standard InChI is InChI=1S/C22H32O2/c1-3-17-6-14-21(15-7-17)24-22(23)20-12-10-19(11-13-20)18-8-4-16(2)5-9-18/h6-7,14-16,18-20H,3-5,8-13H2,1-2H3. The van der Waals surface area contributed by atoms with Crippen molar-refractivity contribution in [2.75, 3.05) is 0 Å². The fourth-order valence-electron chi connectivity index (χ4n) is 4.58. The largest absolute Gasteiger partial charge is 0.426 e. The van der Waals surface area contributed by atoms with Crippen molar-refractivity contribution in [2.45, 2.75) is 71.6 Å². The van der Waals surface area contributed by atoms with Gasteiger partial charge in [0.05, 0.1) is 5.92 Å². The van der Waals surface area contributed by atoms with Crippen LogP contribution in [-0.2, 0) is 11.2 Å². The summed E-state index contributed by atoms with van der Waals surface area (Å²) in [5.41, 5.74) is 1.28. The van der Waals surface area contributed by atoms with Crippen LogP contribution in [0.4, 0.5) is 0 Å². The predicted octanol–water partition coefficient (Wildman–Crippen LogP) is 5.79. The Labute approximate surface area is 147 Å². The lowest BCUT2D eigenvalue weighted by atomic mass is 9.69. The zero-order valence-corrected chi connectivity index (χ0v) is 15.3. The van der Waals surface area contributed by atoms with Crippen LogP contribution in [0.15, 0.2) is 24.3 Å². The molecule has 2 nitrogen and oxygen atoms in total. The minimum absolute atomic E-state index is 0.0186. The number of ether oxygens (including phenoxy) is 1. The SMILES string of the molecule is CCc1ccc(OC(=O)C2CCC(C3CCC(C)CC3)CC2)cc1. The summed E-state index contributed by atoms with van der Waals surface area (Å²) in [5.74, 6) is 3.47. The molecule has 0 atom stereocenters. The first kappa shape index (κ1) is 17.5. The van der Waals surface area contributed by atoms with Crippen LogP contribution in [0.3, 0.4) is 0 Å². The van der Waals surface area contributed by atoms with Crippen LogP contribution in [0, 0.1) is 23.7 Å². The molecule has 2 aliphatic rings. The van der Waals surface area contributed by atoms with Gasteiger partial charge >= 0.3 is 5.97 Å². The normalized spacial score (nSPS) is 30.8. The van der Waals surface area contributed by atoms with Crippen molar-refractivity contribution in [2.24, 2.45) is 23.7 Å². The Morgan fingerprint density at radius 3 is 2.00 bits per heavy atom. The lowest BCUT2D eigenvalue weighted by Gasteiger charge is -2.36. The summed E-state index contributed by atoms with van der Waals surface area (Å²) in [7, 11) is 0. The summed E-state index contributed by atoms with van der Waals surface area (Å²) < 4.78 is 5.61. The second kappa shape index (κ2) is 8.18. The molecule has 24 heavy (non-hydrogen) atoms. The number of aryl methyl sites for hydroxylation is 1. The maximum atomic E-state index is 12.4. The van der Waals surface area contributed by atoms with E-state index in [1.165, 1.54) is 44.1 Å². The number of hydrogen-bond donors (Lipinski definition) is 0. The Balaban J connectivity index is 1.46. The monoisotopic (exact) mass is 328 g/mol. The number of benzene rings is 1. The Bertz CT molecular complexity index is 517. The average Bonchev–Trinajstić information content (AvgIpc) is 2.63. The summed E-state index contributed by atoms with van der Waals surface area (Å²) in [4.78, 5) is 12.4. The summed E-state index contributed by atoms with van der Waals surface area (Å²) >= 11 is 0. The van der Waals surface area contributed by atoms with Gasteiger partial charge in [0.25, 0.3) is 0 Å². The molecule has 0 radical (unpaired) electrons. The van der Waals surface area contributed by atoms with Gasteiger partial charge in [-0.3, -0.25) is 4.79 Å². The number of carbonyl (C=O) groups is 1. The Morgan fingerprint density at radius 1 is 0.917 bits per heavy atom. The molecular formula is C22H32O2. The molecule has 0 N–H and O–H groups in total. The first-order valence-corrected chi connectivity index (χ1v) is 9.96. The van der Waals surface area contributed by atoms with Crippen LogP contribution < -0.4 is 4.74 Å². The molecule has 0 spiro atoms. The van der Waals surface area contributed by atoms with E-state index in [4.69, 9.17) is 4.74 Å². The van der Waals surface area contributed by atoms with Crippen LogP contribution in [0.5, 0.6) is 5.75 Å². The van der Waals surface area contributed by atoms with Gasteiger partial charge in [0, 0.05) is 0 Å². The molecule has 0 saturated heterocycles. The molecule has 0 unspecified atom stereocenters. The van der Waals surface area contributed by atoms with Gasteiger partial charge in [-0.1, -0.05) is 38.8 Å². The van der Waals surface area contributed by atoms with Crippen molar-refractivity contribution < 1.29 is 9.53 Å². The zero-order valence-electron chi connectivity index (χ0n) is 15.3. The Morgan fingerprint density at radius 2 is 1.46 bits per heavy atom. The number of hydrogen-bond acceptors (Lipinski definition) is 2. The molecule has 2 fully saturated rings. The maximum absolute atomic E-state index is 12.4. The van der Waals surface area contributed by atoms with Gasteiger partial charge in [-0.2, -0.15) is 0 Å². The van der Waals surface area contributed by atoms with Crippen molar-refractivity contribution >= 4 is 5.97 Å². The molecule has 0 aliphatic heterocycles. The van der Waals surface area contributed by atoms with Crippen molar-refractivity contribution in [3.8, 4) is 5.75 Å². The minimum atomic E-state index is -0.0186. The van der Waals surface area contributed by atoms with Crippen LogP contribution in [-0.4, -0.2) is 5.97 Å². The highest BCUT2D eigenvalue weighted by atomic mass is 16.5. The molecular weight excluding hydrogens is 296 g/mol. The first-order valence-electron chi connectivity index (χ1n) is 9.96. The van der Waals surface area contributed by atoms with E-state index in [0.29, 0.717) is 5.75 Å². The van der Waals surface area contributed by atoms with Crippen molar-refractivity contribution in [1.82, 2.24) is 0 Å². The van der Waals surface area contributed by atoms with E-state index < -0.39 is 0 Å². The van der Waals surface area contributed by atoms with Crippen LogP contribution in [0.1, 0.15) is 70.8 Å². The summed E-state index contributed by atoms with van der Waals surface area (Å²) in [6.45, 7) is 4.52. The van der Waals surface area contributed by atoms with E-state index in [9.17, 15) is 4.79 Å². The number of carbonyl (C=O) groups excluding carboxylic acids is 1. The number of rotatable bonds is 4. The predicted molar refractivity (Wildman–Crippen MR) is 98.0 cm³/mol. The quantitative estimate of drug-likeness (QED) is 0.517. The third-order valence-corrected chi connectivity index (χ3v) is 6.38. The van der Waals surface area contributed by atoms with Gasteiger partial charge in [0.15, 0.2) is 0 Å². The maximum Gasteiger partial charge on any atom is 0.314 e. The van der Waals surface area contributed by atoms with Gasteiger partial charge < -0.3 is 4.74 Å². The van der Waals surface area contributed by atoms with E-state index >= 15 is 0 Å². The van der Waals surface area contributed by atoms with E-state index in [2.05, 4.69) is 13.8 Å². The second-order valence-corrected chi connectivity index (χ2v) is 8.05. The lowest BCUT2D eigenvalue weighted by Crippen LogP contribution is -2.29. The van der Waals surface area contributed by atoms with Gasteiger partial charge in [0.2, 0.25) is 0 Å². The molecule has 2 saturated carbocycles. The highest BCUT2D eigenvalue weighted by Crippen LogP contribution is 2.41. The minimum Gasteiger partial charge on any atom is -0.426 e. The molecule has 0 bridgehead atoms. The zero-order chi connectivity index (χ0) is 16.9. The van der Waals surface area contributed by atoms with E-state index in [0.717, 1.165) is 37.0 Å². The fraction of sp³-hybridized carbons (Fsp3) is 0.682. The third kappa shape index (κ3) is 4.40. The van der Waals surface area contributed by atoms with Crippen LogP contribution in [0.2, 0.25) is 0 Å². The molecule has 1 aromatic carbocycles. The molecule has 2 aliphatic carbocycles. The summed E-state index contributed by atoms with van der Waals surface area (Å²) in [6, 6.07) is 7.93. The van der Waals surface area contributed by atoms with E-state index in [-0.39, 0.29) is 11.9 Å². The van der Waals surface area contributed by atoms with E-state index in [1.54, 1.807) is 0 Å². The fourth-order valence-corrected chi connectivity index (χ4v) is 4.58. The first-order chi connectivity index (χ1) is 11.7. The van der Waals surface area contributed by atoms with Gasteiger partial charge in [-0.05, 0) is 80.4 Å². The van der Waals surface area contributed by atoms with Crippen LogP contribution in [0.25, 0.3) is 0 Å². The summed E-state index contributed by atoms with van der Waals surface area (Å²) in [5, 5.41) is 0. The number of esters is 1. The molecule has 0 amide bonds. The Kier molecular flexibility index (Phi) is 5.97. The van der Waals surface area contributed by atoms with Crippen LogP contribution >= 0.6 is 0 Å². The van der Waals surface area contributed by atoms with Gasteiger partial charge in [0.1, 0.15) is 5.75 Å². The van der Waals surface area contributed by atoms with Gasteiger partial charge in [-0.15, -0.1) is 0 Å². The molecule has 3 rings (SSSR count). The average molecular weight is 328 g/mol. The highest BCUT2D eigenvalue weighted by molar-refractivity contribution is 5.75. The second-order valence-electron chi connectivity index (χ2n) is 8.05. The molecule has 0 heterocycles. The Hall–Kier alpha value is -1.31. The molecule has 132 valence electrons. The topological polar surface area (TPSA) is 26.3 Å². The molecule has 1 aromatic rings.